The summed E-state index contributed by atoms with van der Waals surface area (Å²) < 4.78 is 15.5. The van der Waals surface area contributed by atoms with E-state index in [1.807, 2.05) is 37.3 Å². The summed E-state index contributed by atoms with van der Waals surface area (Å²) in [5, 5.41) is 10.4. The van der Waals surface area contributed by atoms with Crippen molar-refractivity contribution < 1.29 is 18.8 Å². The van der Waals surface area contributed by atoms with Gasteiger partial charge in [-0.15, -0.1) is 0 Å². The third-order valence-electron chi connectivity index (χ3n) is 4.29. The number of ether oxygens (including phenoxy) is 2. The van der Waals surface area contributed by atoms with Crippen LogP contribution >= 0.6 is 12.2 Å². The zero-order chi connectivity index (χ0) is 21.5. The van der Waals surface area contributed by atoms with Crippen LogP contribution in [-0.2, 0) is 11.3 Å². The first-order valence-corrected chi connectivity index (χ1v) is 9.71. The van der Waals surface area contributed by atoms with Crippen LogP contribution in [0.4, 0.5) is 5.69 Å². The van der Waals surface area contributed by atoms with Crippen LogP contribution in [0.15, 0.2) is 47.0 Å². The molecule has 0 aliphatic heterocycles. The molecule has 0 amide bonds. The predicted octanol–water partition coefficient (Wildman–Crippen LogP) is 3.72. The van der Waals surface area contributed by atoms with Gasteiger partial charge in [-0.1, -0.05) is 11.2 Å². The number of carbonyl (C=O) groups excluding carboxylic acids is 1. The van der Waals surface area contributed by atoms with Gasteiger partial charge in [-0.25, -0.2) is 4.79 Å². The van der Waals surface area contributed by atoms with Crippen LogP contribution in [-0.4, -0.2) is 34.9 Å². The Kier molecular flexibility index (Phi) is 6.97. The van der Waals surface area contributed by atoms with Crippen molar-refractivity contribution in [3.05, 3.63) is 59.5 Å². The number of hydrogen-bond donors (Lipinski definition) is 2. The van der Waals surface area contributed by atoms with E-state index < -0.39 is 0 Å². The predicted molar refractivity (Wildman–Crippen MR) is 116 cm³/mol. The summed E-state index contributed by atoms with van der Waals surface area (Å²) in [6, 6.07) is 12.7. The van der Waals surface area contributed by atoms with Crippen molar-refractivity contribution >= 4 is 29.0 Å². The lowest BCUT2D eigenvalue weighted by Gasteiger charge is -2.13. The standard InChI is InChI=1S/C21H22N4O4S/c1-4-28-20(26)16-6-5-7-17(13(16)2)23-21(30)22-12-18-24-19(25-29-18)14-8-10-15(27-3)11-9-14/h5-11H,4,12H2,1-3H3,(H2,22,23,30). The minimum absolute atomic E-state index is 0.256. The molecule has 8 nitrogen and oxygen atoms in total. The zero-order valence-corrected chi connectivity index (χ0v) is 17.7. The molecular weight excluding hydrogens is 404 g/mol. The van der Waals surface area contributed by atoms with Gasteiger partial charge in [0.15, 0.2) is 5.11 Å². The molecule has 3 rings (SSSR count). The van der Waals surface area contributed by atoms with Gasteiger partial charge >= 0.3 is 5.97 Å². The molecular formula is C21H22N4O4S. The molecule has 9 heteroatoms. The number of nitrogens with one attached hydrogen (secondary N) is 2. The minimum Gasteiger partial charge on any atom is -0.497 e. The average Bonchev–Trinajstić information content (AvgIpc) is 3.23. The fourth-order valence-electron chi connectivity index (χ4n) is 2.71. The lowest BCUT2D eigenvalue weighted by Crippen LogP contribution is -2.28. The monoisotopic (exact) mass is 426 g/mol. The molecule has 3 aromatic rings. The van der Waals surface area contributed by atoms with Gasteiger partial charge in [0, 0.05) is 11.3 Å². The van der Waals surface area contributed by atoms with Crippen LogP contribution in [0.2, 0.25) is 0 Å². The Morgan fingerprint density at radius 3 is 2.67 bits per heavy atom. The van der Waals surface area contributed by atoms with Crippen molar-refractivity contribution in [2.24, 2.45) is 0 Å². The summed E-state index contributed by atoms with van der Waals surface area (Å²) >= 11 is 5.34. The molecule has 156 valence electrons. The van der Waals surface area contributed by atoms with Gasteiger partial charge in [-0.2, -0.15) is 4.98 Å². The average molecular weight is 426 g/mol. The van der Waals surface area contributed by atoms with Crippen molar-refractivity contribution in [1.82, 2.24) is 15.5 Å². The summed E-state index contributed by atoms with van der Waals surface area (Å²) in [6.45, 7) is 4.17. The molecule has 1 heterocycles. The number of hydrogen-bond acceptors (Lipinski definition) is 7. The molecule has 0 saturated heterocycles. The van der Waals surface area contributed by atoms with E-state index in [0.29, 0.717) is 34.7 Å². The highest BCUT2D eigenvalue weighted by Gasteiger charge is 2.14. The van der Waals surface area contributed by atoms with Crippen LogP contribution < -0.4 is 15.4 Å². The molecule has 0 spiro atoms. The number of thiocarbonyl (C=S) groups is 1. The number of methoxy groups -OCH3 is 1. The maximum Gasteiger partial charge on any atom is 0.338 e. The highest BCUT2D eigenvalue weighted by molar-refractivity contribution is 7.80. The van der Waals surface area contributed by atoms with E-state index in [0.717, 1.165) is 16.9 Å². The number of aromatic nitrogens is 2. The van der Waals surface area contributed by atoms with Crippen LogP contribution in [0.5, 0.6) is 5.75 Å². The fraction of sp³-hybridized carbons (Fsp3) is 0.238. The zero-order valence-electron chi connectivity index (χ0n) is 16.9. The Morgan fingerprint density at radius 1 is 1.20 bits per heavy atom. The quantitative estimate of drug-likeness (QED) is 0.433. The Hall–Kier alpha value is -3.46. The van der Waals surface area contributed by atoms with Crippen LogP contribution in [0.25, 0.3) is 11.4 Å². The van der Waals surface area contributed by atoms with Gasteiger partial charge in [0.25, 0.3) is 0 Å². The topological polar surface area (TPSA) is 98.5 Å². The summed E-state index contributed by atoms with van der Waals surface area (Å²) in [5.74, 6) is 1.26. The van der Waals surface area contributed by atoms with E-state index in [2.05, 4.69) is 20.8 Å². The molecule has 0 aliphatic rings. The maximum absolute atomic E-state index is 12.0. The largest absolute Gasteiger partial charge is 0.497 e. The first kappa shape index (κ1) is 21.3. The molecule has 30 heavy (non-hydrogen) atoms. The van der Waals surface area contributed by atoms with Crippen molar-refractivity contribution in [3.63, 3.8) is 0 Å². The summed E-state index contributed by atoms with van der Waals surface area (Å²) in [5.41, 5.74) is 2.77. The number of rotatable bonds is 7. The lowest BCUT2D eigenvalue weighted by molar-refractivity contribution is 0.0525. The number of esters is 1. The van der Waals surface area contributed by atoms with Gasteiger partial charge in [-0.3, -0.25) is 0 Å². The van der Waals surface area contributed by atoms with Crippen LogP contribution in [0.1, 0.15) is 28.7 Å². The molecule has 0 radical (unpaired) electrons. The summed E-state index contributed by atoms with van der Waals surface area (Å²) in [4.78, 5) is 16.4. The van der Waals surface area contributed by atoms with Gasteiger partial charge in [-0.05, 0) is 68.0 Å². The Labute approximate surface area is 179 Å². The summed E-state index contributed by atoms with van der Waals surface area (Å²) in [7, 11) is 1.61. The first-order valence-electron chi connectivity index (χ1n) is 9.30. The molecule has 0 saturated carbocycles. The van der Waals surface area contributed by atoms with Gasteiger partial charge in [0.2, 0.25) is 11.7 Å². The maximum atomic E-state index is 12.0. The molecule has 1 aromatic heterocycles. The smallest absolute Gasteiger partial charge is 0.338 e. The van der Waals surface area contributed by atoms with Crippen molar-refractivity contribution in [1.29, 1.82) is 0 Å². The van der Waals surface area contributed by atoms with Crippen LogP contribution in [0, 0.1) is 6.92 Å². The van der Waals surface area contributed by atoms with E-state index in [9.17, 15) is 4.79 Å². The van der Waals surface area contributed by atoms with Crippen molar-refractivity contribution in [3.8, 4) is 17.1 Å². The molecule has 0 unspecified atom stereocenters. The third kappa shape index (κ3) is 5.12. The molecule has 0 fully saturated rings. The number of nitrogens with zero attached hydrogens (tertiary/aromatic N) is 2. The first-order chi connectivity index (χ1) is 14.5. The Bertz CT molecular complexity index is 1030. The van der Waals surface area contributed by atoms with E-state index in [1.165, 1.54) is 0 Å². The van der Waals surface area contributed by atoms with Gasteiger partial charge < -0.3 is 24.6 Å². The molecule has 0 atom stereocenters. The van der Waals surface area contributed by atoms with E-state index >= 15 is 0 Å². The van der Waals surface area contributed by atoms with Crippen molar-refractivity contribution in [2.45, 2.75) is 20.4 Å². The molecule has 0 bridgehead atoms. The second-order valence-corrected chi connectivity index (χ2v) is 6.65. The van der Waals surface area contributed by atoms with Crippen molar-refractivity contribution in [2.75, 3.05) is 19.0 Å². The Morgan fingerprint density at radius 2 is 1.97 bits per heavy atom. The van der Waals surface area contributed by atoms with Gasteiger partial charge in [0.1, 0.15) is 5.75 Å². The SMILES string of the molecule is CCOC(=O)c1cccc(NC(=S)NCc2nc(-c3ccc(OC)cc3)no2)c1C. The number of benzene rings is 2. The van der Waals surface area contributed by atoms with E-state index in [-0.39, 0.29) is 12.5 Å². The van der Waals surface area contributed by atoms with Crippen LogP contribution in [0.3, 0.4) is 0 Å². The Balaban J connectivity index is 1.59. The minimum atomic E-state index is -0.366. The lowest BCUT2D eigenvalue weighted by atomic mass is 10.1. The highest BCUT2D eigenvalue weighted by atomic mass is 32.1. The fourth-order valence-corrected chi connectivity index (χ4v) is 2.89. The third-order valence-corrected chi connectivity index (χ3v) is 4.54. The normalized spacial score (nSPS) is 10.4. The second kappa shape index (κ2) is 9.84. The number of carbonyl (C=O) groups is 1. The molecule has 2 aromatic carbocycles. The number of anilines is 1. The second-order valence-electron chi connectivity index (χ2n) is 6.25. The van der Waals surface area contributed by atoms with E-state index in [1.54, 1.807) is 26.2 Å². The summed E-state index contributed by atoms with van der Waals surface area (Å²) in [6.07, 6.45) is 0. The molecule has 2 N–H and O–H groups in total. The highest BCUT2D eigenvalue weighted by Crippen LogP contribution is 2.21. The van der Waals surface area contributed by atoms with E-state index in [4.69, 9.17) is 26.2 Å². The molecule has 0 aliphatic carbocycles. The van der Waals surface area contributed by atoms with Gasteiger partial charge in [0.05, 0.1) is 25.8 Å².